The van der Waals surface area contributed by atoms with Crippen LogP contribution >= 0.6 is 0 Å². The molecular weight excluding hydrogens is 392 g/mol. The first-order valence-corrected chi connectivity index (χ1v) is 10.9. The van der Waals surface area contributed by atoms with Crippen LogP contribution in [0.4, 0.5) is 0 Å². The molecule has 2 aromatic carbocycles. The van der Waals surface area contributed by atoms with Gasteiger partial charge in [0.05, 0.1) is 12.4 Å². The zero-order valence-electron chi connectivity index (χ0n) is 17.7. The van der Waals surface area contributed by atoms with Crippen LogP contribution in [0.5, 0.6) is 5.75 Å². The second kappa shape index (κ2) is 10.6. The van der Waals surface area contributed by atoms with E-state index in [0.29, 0.717) is 6.54 Å². The van der Waals surface area contributed by atoms with Crippen molar-refractivity contribution in [1.29, 1.82) is 0 Å². The van der Waals surface area contributed by atoms with E-state index in [1.807, 2.05) is 36.4 Å². The van der Waals surface area contributed by atoms with Crippen LogP contribution in [-0.4, -0.2) is 88.8 Å². The number of nitrogens with zero attached hydrogens (tertiary/aromatic N) is 4. The highest BCUT2D eigenvalue weighted by Crippen LogP contribution is 2.34. The van der Waals surface area contributed by atoms with Gasteiger partial charge in [0.25, 0.3) is 0 Å². The van der Waals surface area contributed by atoms with E-state index in [0.717, 1.165) is 66.8 Å². The third-order valence-corrected chi connectivity index (χ3v) is 5.78. The summed E-state index contributed by atoms with van der Waals surface area (Å²) in [6.45, 7) is 5.85. The van der Waals surface area contributed by atoms with Crippen molar-refractivity contribution in [1.82, 2.24) is 20.0 Å². The van der Waals surface area contributed by atoms with Crippen molar-refractivity contribution in [3.63, 3.8) is 0 Å². The molecule has 0 amide bonds. The van der Waals surface area contributed by atoms with E-state index in [9.17, 15) is 5.11 Å². The number of ether oxygens (including phenoxy) is 1. The molecule has 1 aliphatic heterocycles. The SMILES string of the molecule is OCCCN1CCN(CC(O)COc2ccc(-c3ccnnc3)c3ccccc23)CC1. The van der Waals surface area contributed by atoms with Gasteiger partial charge in [-0.25, -0.2) is 0 Å². The Labute approximate surface area is 182 Å². The van der Waals surface area contributed by atoms with Gasteiger partial charge in [-0.15, -0.1) is 0 Å². The van der Waals surface area contributed by atoms with Crippen molar-refractivity contribution in [2.24, 2.45) is 0 Å². The smallest absolute Gasteiger partial charge is 0.127 e. The third-order valence-electron chi connectivity index (χ3n) is 5.78. The Kier molecular flexibility index (Phi) is 7.43. The number of β-amino-alcohol motifs (C(OH)–C–C–N with tert-alkyl or cyclic N) is 1. The number of piperazine rings is 1. The Balaban J connectivity index is 1.36. The van der Waals surface area contributed by atoms with E-state index in [4.69, 9.17) is 9.84 Å². The normalized spacial score (nSPS) is 16.5. The molecule has 164 valence electrons. The number of rotatable bonds is 9. The van der Waals surface area contributed by atoms with E-state index < -0.39 is 6.10 Å². The Morgan fingerprint density at radius 1 is 0.935 bits per heavy atom. The van der Waals surface area contributed by atoms with Crippen LogP contribution in [0.25, 0.3) is 21.9 Å². The van der Waals surface area contributed by atoms with Crippen molar-refractivity contribution < 1.29 is 14.9 Å². The molecule has 31 heavy (non-hydrogen) atoms. The molecule has 2 heterocycles. The maximum Gasteiger partial charge on any atom is 0.127 e. The first-order valence-electron chi connectivity index (χ1n) is 10.9. The molecule has 1 fully saturated rings. The molecule has 0 radical (unpaired) electrons. The topological polar surface area (TPSA) is 82.0 Å². The molecule has 7 nitrogen and oxygen atoms in total. The lowest BCUT2D eigenvalue weighted by Gasteiger charge is -2.35. The highest BCUT2D eigenvalue weighted by atomic mass is 16.5. The van der Waals surface area contributed by atoms with Crippen LogP contribution in [0.2, 0.25) is 0 Å². The Morgan fingerprint density at radius 2 is 1.71 bits per heavy atom. The molecule has 2 N–H and O–H groups in total. The predicted molar refractivity (Wildman–Crippen MR) is 121 cm³/mol. The van der Waals surface area contributed by atoms with E-state index in [2.05, 4.69) is 26.1 Å². The maximum atomic E-state index is 10.5. The fourth-order valence-corrected chi connectivity index (χ4v) is 4.13. The van der Waals surface area contributed by atoms with Crippen LogP contribution in [0.3, 0.4) is 0 Å². The van der Waals surface area contributed by atoms with Gasteiger partial charge in [-0.05, 0) is 35.6 Å². The average Bonchev–Trinajstić information content (AvgIpc) is 2.82. The summed E-state index contributed by atoms with van der Waals surface area (Å²) in [4.78, 5) is 4.64. The molecule has 1 aromatic heterocycles. The number of aromatic nitrogens is 2. The first kappa shape index (κ1) is 21.6. The molecule has 1 saturated heterocycles. The number of benzene rings is 2. The van der Waals surface area contributed by atoms with Crippen molar-refractivity contribution >= 4 is 10.8 Å². The van der Waals surface area contributed by atoms with Crippen molar-refractivity contribution in [2.45, 2.75) is 12.5 Å². The van der Waals surface area contributed by atoms with Crippen LogP contribution in [-0.2, 0) is 0 Å². The summed E-state index contributed by atoms with van der Waals surface area (Å²) < 4.78 is 6.04. The zero-order valence-corrected chi connectivity index (χ0v) is 17.7. The molecule has 1 unspecified atom stereocenters. The highest BCUT2D eigenvalue weighted by molar-refractivity contribution is 5.99. The molecule has 0 aliphatic carbocycles. The second-order valence-electron chi connectivity index (χ2n) is 7.97. The minimum Gasteiger partial charge on any atom is -0.490 e. The molecule has 0 spiro atoms. The predicted octanol–water partition coefficient (Wildman–Crippen LogP) is 2.04. The van der Waals surface area contributed by atoms with Gasteiger partial charge >= 0.3 is 0 Å². The van der Waals surface area contributed by atoms with E-state index in [1.54, 1.807) is 12.4 Å². The van der Waals surface area contributed by atoms with Crippen molar-refractivity contribution in [3.05, 3.63) is 54.9 Å². The fraction of sp³-hybridized carbons (Fsp3) is 0.417. The quantitative estimate of drug-likeness (QED) is 0.546. The van der Waals surface area contributed by atoms with Gasteiger partial charge in [0, 0.05) is 56.8 Å². The number of hydrogen-bond acceptors (Lipinski definition) is 7. The van der Waals surface area contributed by atoms with Crippen molar-refractivity contribution in [2.75, 3.05) is 52.5 Å². The van der Waals surface area contributed by atoms with Crippen LogP contribution in [0, 0.1) is 0 Å². The Bertz CT molecular complexity index is 961. The van der Waals surface area contributed by atoms with Gasteiger partial charge in [0.1, 0.15) is 18.5 Å². The lowest BCUT2D eigenvalue weighted by molar-refractivity contribution is 0.0454. The number of aliphatic hydroxyl groups is 2. The zero-order chi connectivity index (χ0) is 21.5. The van der Waals surface area contributed by atoms with Gasteiger partial charge in [-0.3, -0.25) is 4.90 Å². The Hall–Kier alpha value is -2.58. The van der Waals surface area contributed by atoms with E-state index >= 15 is 0 Å². The largest absolute Gasteiger partial charge is 0.490 e. The molecule has 0 saturated carbocycles. The first-order chi connectivity index (χ1) is 15.2. The summed E-state index contributed by atoms with van der Waals surface area (Å²) >= 11 is 0. The monoisotopic (exact) mass is 422 g/mol. The van der Waals surface area contributed by atoms with Crippen molar-refractivity contribution in [3.8, 4) is 16.9 Å². The molecular formula is C24H30N4O3. The molecule has 4 rings (SSSR count). The van der Waals surface area contributed by atoms with Crippen LogP contribution in [0.1, 0.15) is 6.42 Å². The Morgan fingerprint density at radius 3 is 2.45 bits per heavy atom. The summed E-state index contributed by atoms with van der Waals surface area (Å²) in [5, 5.41) is 29.5. The standard InChI is InChI=1S/C24H30N4O3/c29-15-3-10-27-11-13-28(14-12-27)17-20(30)18-31-24-7-6-21(19-8-9-25-26-16-19)22-4-1-2-5-23(22)24/h1-2,4-9,16,20,29-30H,3,10-15,17-18H2. The van der Waals surface area contributed by atoms with Gasteiger partial charge in [0.15, 0.2) is 0 Å². The maximum absolute atomic E-state index is 10.5. The molecule has 7 heteroatoms. The number of aliphatic hydroxyl groups excluding tert-OH is 2. The van der Waals surface area contributed by atoms with E-state index in [1.165, 1.54) is 0 Å². The molecule has 1 aliphatic rings. The molecule has 0 bridgehead atoms. The lowest BCUT2D eigenvalue weighted by Crippen LogP contribution is -2.49. The number of hydrogen-bond donors (Lipinski definition) is 2. The minimum absolute atomic E-state index is 0.241. The van der Waals surface area contributed by atoms with Crippen LogP contribution < -0.4 is 4.74 Å². The van der Waals surface area contributed by atoms with Gasteiger partial charge in [-0.2, -0.15) is 10.2 Å². The summed E-state index contributed by atoms with van der Waals surface area (Å²) in [7, 11) is 0. The van der Waals surface area contributed by atoms with E-state index in [-0.39, 0.29) is 13.2 Å². The third kappa shape index (κ3) is 5.57. The molecule has 1 atom stereocenters. The summed E-state index contributed by atoms with van der Waals surface area (Å²) in [6.07, 6.45) is 3.72. The summed E-state index contributed by atoms with van der Waals surface area (Å²) in [5.74, 6) is 0.772. The lowest BCUT2D eigenvalue weighted by atomic mass is 9.99. The van der Waals surface area contributed by atoms with Gasteiger partial charge < -0.3 is 19.8 Å². The summed E-state index contributed by atoms with van der Waals surface area (Å²) in [5.41, 5.74) is 2.09. The van der Waals surface area contributed by atoms with Gasteiger partial charge in [0.2, 0.25) is 0 Å². The minimum atomic E-state index is -0.549. The second-order valence-corrected chi connectivity index (χ2v) is 7.97. The average molecular weight is 423 g/mol. The summed E-state index contributed by atoms with van der Waals surface area (Å²) in [6, 6.07) is 14.1. The fourth-order valence-electron chi connectivity index (χ4n) is 4.13. The highest BCUT2D eigenvalue weighted by Gasteiger charge is 2.19. The van der Waals surface area contributed by atoms with Gasteiger partial charge in [-0.1, -0.05) is 24.3 Å². The molecule has 3 aromatic rings. The van der Waals surface area contributed by atoms with Crippen LogP contribution in [0.15, 0.2) is 54.9 Å². The number of fused-ring (bicyclic) bond motifs is 1.